The van der Waals surface area contributed by atoms with Gasteiger partial charge in [0.05, 0.1) is 18.5 Å². The molecule has 0 aromatic heterocycles. The lowest BCUT2D eigenvalue weighted by molar-refractivity contribution is -0.386. The zero-order chi connectivity index (χ0) is 17.4. The Labute approximate surface area is 136 Å². The Bertz CT molecular complexity index is 853. The first-order valence-corrected chi connectivity index (χ1v) is 7.09. The SMILES string of the molecule is COc1cc(F)c([N+](=O)[O-])c(Nc2ccc3c(c2)CC(=O)N3C)c1. The largest absolute Gasteiger partial charge is 0.497 e. The highest BCUT2D eigenvalue weighted by atomic mass is 19.1. The molecule has 0 bridgehead atoms. The van der Waals surface area contributed by atoms with Gasteiger partial charge in [0, 0.05) is 30.6 Å². The fourth-order valence-corrected chi connectivity index (χ4v) is 2.68. The van der Waals surface area contributed by atoms with Crippen LogP contribution in [0.15, 0.2) is 30.3 Å². The second-order valence-corrected chi connectivity index (χ2v) is 5.36. The number of carbonyl (C=O) groups excluding carboxylic acids is 1. The van der Waals surface area contributed by atoms with E-state index in [4.69, 9.17) is 4.74 Å². The van der Waals surface area contributed by atoms with E-state index in [1.54, 1.807) is 30.1 Å². The lowest BCUT2D eigenvalue weighted by Crippen LogP contribution is -2.20. The summed E-state index contributed by atoms with van der Waals surface area (Å²) in [5.74, 6) is -0.852. The number of anilines is 3. The molecular formula is C16H14FN3O4. The maximum absolute atomic E-state index is 14.0. The molecule has 1 aliphatic rings. The number of methoxy groups -OCH3 is 1. The van der Waals surface area contributed by atoms with Crippen molar-refractivity contribution >= 4 is 28.7 Å². The Morgan fingerprint density at radius 3 is 2.75 bits per heavy atom. The first kappa shape index (κ1) is 15.7. The number of nitrogens with one attached hydrogen (secondary N) is 1. The second kappa shape index (κ2) is 5.80. The molecule has 1 N–H and O–H groups in total. The number of halogens is 1. The minimum atomic E-state index is -0.988. The molecule has 2 aromatic rings. The molecule has 0 unspecified atom stereocenters. The van der Waals surface area contributed by atoms with Crippen molar-refractivity contribution < 1.29 is 18.8 Å². The van der Waals surface area contributed by atoms with Crippen molar-refractivity contribution in [3.63, 3.8) is 0 Å². The summed E-state index contributed by atoms with van der Waals surface area (Å²) in [5, 5.41) is 14.0. The molecule has 0 radical (unpaired) electrons. The Kier molecular flexibility index (Phi) is 3.80. The van der Waals surface area contributed by atoms with Gasteiger partial charge in [0.15, 0.2) is 0 Å². The molecule has 7 nitrogen and oxygen atoms in total. The molecule has 0 fully saturated rings. The summed E-state index contributed by atoms with van der Waals surface area (Å²) in [6.45, 7) is 0. The average molecular weight is 331 g/mol. The summed E-state index contributed by atoms with van der Waals surface area (Å²) in [7, 11) is 3.03. The van der Waals surface area contributed by atoms with Crippen molar-refractivity contribution in [3.05, 3.63) is 51.8 Å². The predicted octanol–water partition coefficient (Wildman–Crippen LogP) is 3.01. The number of nitro groups is 1. The summed E-state index contributed by atoms with van der Waals surface area (Å²) >= 11 is 0. The zero-order valence-electron chi connectivity index (χ0n) is 13.0. The van der Waals surface area contributed by atoms with E-state index in [1.165, 1.54) is 13.2 Å². The van der Waals surface area contributed by atoms with E-state index in [2.05, 4.69) is 5.32 Å². The minimum absolute atomic E-state index is 0.0190. The van der Waals surface area contributed by atoms with E-state index >= 15 is 0 Å². The van der Waals surface area contributed by atoms with Gasteiger partial charge in [-0.1, -0.05) is 0 Å². The van der Waals surface area contributed by atoms with Gasteiger partial charge in [-0.25, -0.2) is 0 Å². The number of hydrogen-bond acceptors (Lipinski definition) is 5. The maximum Gasteiger partial charge on any atom is 0.328 e. The molecule has 0 spiro atoms. The van der Waals surface area contributed by atoms with Crippen LogP contribution in [0.2, 0.25) is 0 Å². The van der Waals surface area contributed by atoms with Gasteiger partial charge in [0.25, 0.3) is 0 Å². The minimum Gasteiger partial charge on any atom is -0.497 e. The number of nitro benzene ring substituents is 1. The van der Waals surface area contributed by atoms with Crippen LogP contribution in [0.4, 0.5) is 27.1 Å². The van der Waals surface area contributed by atoms with E-state index in [0.29, 0.717) is 5.69 Å². The van der Waals surface area contributed by atoms with E-state index in [0.717, 1.165) is 17.3 Å². The van der Waals surface area contributed by atoms with Crippen molar-refractivity contribution in [2.24, 2.45) is 0 Å². The molecule has 0 aliphatic carbocycles. The maximum atomic E-state index is 14.0. The zero-order valence-corrected chi connectivity index (χ0v) is 13.0. The van der Waals surface area contributed by atoms with Gasteiger partial charge < -0.3 is 15.0 Å². The fourth-order valence-electron chi connectivity index (χ4n) is 2.68. The number of fused-ring (bicyclic) bond motifs is 1. The van der Waals surface area contributed by atoms with Gasteiger partial charge in [-0.05, 0) is 23.8 Å². The number of hydrogen-bond donors (Lipinski definition) is 1. The van der Waals surface area contributed by atoms with Crippen LogP contribution in [0.1, 0.15) is 5.56 Å². The summed E-state index contributed by atoms with van der Waals surface area (Å²) in [5.41, 5.74) is 1.43. The first-order chi connectivity index (χ1) is 11.4. The Balaban J connectivity index is 2.00. The fraction of sp³-hybridized carbons (Fsp3) is 0.188. The quantitative estimate of drug-likeness (QED) is 0.687. The van der Waals surface area contributed by atoms with Crippen molar-refractivity contribution in [2.75, 3.05) is 24.4 Å². The number of ether oxygens (including phenoxy) is 1. The van der Waals surface area contributed by atoms with Crippen molar-refractivity contribution in [2.45, 2.75) is 6.42 Å². The topological polar surface area (TPSA) is 84.7 Å². The Hall–Kier alpha value is -3.16. The van der Waals surface area contributed by atoms with Gasteiger partial charge >= 0.3 is 5.69 Å². The van der Waals surface area contributed by atoms with Crippen molar-refractivity contribution in [3.8, 4) is 5.75 Å². The number of likely N-dealkylation sites (N-methyl/N-ethyl adjacent to an activating group) is 1. The van der Waals surface area contributed by atoms with Crippen LogP contribution in [-0.4, -0.2) is 25.0 Å². The highest BCUT2D eigenvalue weighted by Crippen LogP contribution is 2.36. The van der Waals surface area contributed by atoms with E-state index < -0.39 is 16.4 Å². The normalized spacial score (nSPS) is 13.0. The molecule has 2 aromatic carbocycles. The van der Waals surface area contributed by atoms with Gasteiger partial charge in [-0.2, -0.15) is 4.39 Å². The van der Waals surface area contributed by atoms with Crippen LogP contribution in [0.5, 0.6) is 5.75 Å². The number of nitrogens with zero attached hydrogens (tertiary/aromatic N) is 2. The number of carbonyl (C=O) groups is 1. The summed E-state index contributed by atoms with van der Waals surface area (Å²) in [6.07, 6.45) is 0.260. The molecule has 8 heteroatoms. The summed E-state index contributed by atoms with van der Waals surface area (Å²) < 4.78 is 18.9. The monoisotopic (exact) mass is 331 g/mol. The molecule has 1 heterocycles. The van der Waals surface area contributed by atoms with Crippen molar-refractivity contribution in [1.29, 1.82) is 0 Å². The lowest BCUT2D eigenvalue weighted by Gasteiger charge is -2.12. The van der Waals surface area contributed by atoms with Crippen LogP contribution >= 0.6 is 0 Å². The molecule has 1 aliphatic heterocycles. The predicted molar refractivity (Wildman–Crippen MR) is 86.4 cm³/mol. The summed E-state index contributed by atoms with van der Waals surface area (Å²) in [4.78, 5) is 23.6. The molecule has 0 saturated carbocycles. The molecular weight excluding hydrogens is 317 g/mol. The van der Waals surface area contributed by atoms with Crippen LogP contribution in [0.25, 0.3) is 0 Å². The molecule has 0 atom stereocenters. The number of benzene rings is 2. The third kappa shape index (κ3) is 2.62. The number of amides is 1. The van der Waals surface area contributed by atoms with Gasteiger partial charge in [-0.15, -0.1) is 0 Å². The standard InChI is InChI=1S/C16H14FN3O4/c1-19-14-4-3-10(5-9(14)6-15(19)21)18-13-8-11(24-2)7-12(17)16(13)20(22)23/h3-5,7-8,18H,6H2,1-2H3. The highest BCUT2D eigenvalue weighted by molar-refractivity contribution is 6.01. The van der Waals surface area contributed by atoms with Crippen LogP contribution in [-0.2, 0) is 11.2 Å². The Morgan fingerprint density at radius 1 is 1.33 bits per heavy atom. The molecule has 24 heavy (non-hydrogen) atoms. The van der Waals surface area contributed by atoms with Gasteiger partial charge in [0.2, 0.25) is 11.7 Å². The average Bonchev–Trinajstić information content (AvgIpc) is 2.80. The lowest BCUT2D eigenvalue weighted by atomic mass is 10.1. The number of rotatable bonds is 4. The van der Waals surface area contributed by atoms with Crippen LogP contribution < -0.4 is 15.0 Å². The van der Waals surface area contributed by atoms with Crippen molar-refractivity contribution in [1.82, 2.24) is 0 Å². The van der Waals surface area contributed by atoms with Gasteiger partial charge in [-0.3, -0.25) is 14.9 Å². The molecule has 124 valence electrons. The van der Waals surface area contributed by atoms with E-state index in [1.807, 2.05) is 0 Å². The van der Waals surface area contributed by atoms with Crippen LogP contribution in [0.3, 0.4) is 0 Å². The first-order valence-electron chi connectivity index (χ1n) is 7.09. The third-order valence-electron chi connectivity index (χ3n) is 3.89. The molecule has 1 amide bonds. The van der Waals surface area contributed by atoms with Crippen LogP contribution in [0, 0.1) is 15.9 Å². The van der Waals surface area contributed by atoms with E-state index in [9.17, 15) is 19.3 Å². The molecule has 0 saturated heterocycles. The van der Waals surface area contributed by atoms with E-state index in [-0.39, 0.29) is 23.8 Å². The third-order valence-corrected chi connectivity index (χ3v) is 3.89. The second-order valence-electron chi connectivity index (χ2n) is 5.36. The highest BCUT2D eigenvalue weighted by Gasteiger charge is 2.25. The summed E-state index contributed by atoms with van der Waals surface area (Å²) in [6, 6.07) is 7.45. The smallest absolute Gasteiger partial charge is 0.328 e. The Morgan fingerprint density at radius 2 is 2.08 bits per heavy atom. The van der Waals surface area contributed by atoms with Gasteiger partial charge in [0.1, 0.15) is 11.4 Å². The molecule has 3 rings (SSSR count).